The van der Waals surface area contributed by atoms with E-state index in [1.54, 1.807) is 7.11 Å². The summed E-state index contributed by atoms with van der Waals surface area (Å²) in [6.45, 7) is 2.60. The zero-order valence-corrected chi connectivity index (χ0v) is 15.5. The van der Waals surface area contributed by atoms with E-state index in [-0.39, 0.29) is 11.9 Å². The summed E-state index contributed by atoms with van der Waals surface area (Å²) < 4.78 is 7.00. The van der Waals surface area contributed by atoms with Crippen LogP contribution in [-0.4, -0.2) is 34.4 Å². The highest BCUT2D eigenvalue weighted by atomic mass is 16.5. The first kappa shape index (κ1) is 17.4. The van der Waals surface area contributed by atoms with Gasteiger partial charge in [-0.1, -0.05) is 35.9 Å². The molecule has 0 saturated heterocycles. The lowest BCUT2D eigenvalue weighted by atomic mass is 9.95. The van der Waals surface area contributed by atoms with Gasteiger partial charge in [0, 0.05) is 25.5 Å². The van der Waals surface area contributed by atoms with Crippen LogP contribution in [0.25, 0.3) is 5.69 Å². The number of fused-ring (bicyclic) bond motifs is 1. The summed E-state index contributed by atoms with van der Waals surface area (Å²) in [5.41, 5.74) is 3.87. The van der Waals surface area contributed by atoms with E-state index >= 15 is 0 Å². The van der Waals surface area contributed by atoms with Crippen LogP contribution < -0.4 is 5.32 Å². The number of methoxy groups -OCH3 is 1. The normalized spacial score (nSPS) is 16.1. The molecule has 0 saturated carbocycles. The molecule has 2 heterocycles. The number of nitrogens with zero attached hydrogens (tertiary/aromatic N) is 3. The Kier molecular flexibility index (Phi) is 4.73. The predicted molar refractivity (Wildman–Crippen MR) is 102 cm³/mol. The Hall–Kier alpha value is -2.99. The number of benzene rings is 2. The number of aromatic nitrogens is 3. The number of aryl methyl sites for hydroxylation is 1. The molecule has 1 amide bonds. The standard InChI is InChI=1S/C21H22N4O2/c1-14-7-9-16(10-8-14)25-20(23-19(24-25)11-12-27-2)18-13-15-5-3-4-6-17(15)21(26)22-18/h3-10,18H,11-13H2,1-2H3,(H,22,26)/t18-/m1/s1. The zero-order valence-electron chi connectivity index (χ0n) is 15.5. The molecule has 3 aromatic rings. The molecule has 1 N–H and O–H groups in total. The molecule has 0 fully saturated rings. The number of hydrogen-bond donors (Lipinski definition) is 1. The highest BCUT2D eigenvalue weighted by Crippen LogP contribution is 2.26. The lowest BCUT2D eigenvalue weighted by molar-refractivity contribution is 0.0922. The summed E-state index contributed by atoms with van der Waals surface area (Å²) in [5, 5.41) is 7.76. The molecule has 0 unspecified atom stereocenters. The zero-order chi connectivity index (χ0) is 18.8. The minimum Gasteiger partial charge on any atom is -0.384 e. The lowest BCUT2D eigenvalue weighted by Crippen LogP contribution is -2.36. The van der Waals surface area contributed by atoms with Crippen LogP contribution in [0, 0.1) is 6.92 Å². The fourth-order valence-corrected chi connectivity index (χ4v) is 3.35. The largest absolute Gasteiger partial charge is 0.384 e. The van der Waals surface area contributed by atoms with E-state index in [9.17, 15) is 4.79 Å². The second kappa shape index (κ2) is 7.32. The Morgan fingerprint density at radius 1 is 1.19 bits per heavy atom. The monoisotopic (exact) mass is 362 g/mol. The fourth-order valence-electron chi connectivity index (χ4n) is 3.35. The van der Waals surface area contributed by atoms with Crippen molar-refractivity contribution in [3.8, 4) is 5.69 Å². The van der Waals surface area contributed by atoms with Gasteiger partial charge in [0.1, 0.15) is 0 Å². The van der Waals surface area contributed by atoms with Crippen LogP contribution in [0.2, 0.25) is 0 Å². The molecule has 1 aliphatic rings. The Morgan fingerprint density at radius 2 is 1.96 bits per heavy atom. The van der Waals surface area contributed by atoms with Crippen LogP contribution in [0.5, 0.6) is 0 Å². The fraction of sp³-hybridized carbons (Fsp3) is 0.286. The number of carbonyl (C=O) groups is 1. The second-order valence-corrected chi connectivity index (χ2v) is 6.76. The van der Waals surface area contributed by atoms with Crippen molar-refractivity contribution in [2.24, 2.45) is 0 Å². The van der Waals surface area contributed by atoms with E-state index in [0.717, 1.165) is 22.6 Å². The molecule has 0 bridgehead atoms. The van der Waals surface area contributed by atoms with Crippen molar-refractivity contribution in [2.45, 2.75) is 25.8 Å². The SMILES string of the molecule is COCCc1nc([C@H]2Cc3ccccc3C(=O)N2)n(-c2ccc(C)cc2)n1. The lowest BCUT2D eigenvalue weighted by Gasteiger charge is -2.25. The summed E-state index contributed by atoms with van der Waals surface area (Å²) >= 11 is 0. The topological polar surface area (TPSA) is 69.0 Å². The molecule has 2 aromatic carbocycles. The number of nitrogens with one attached hydrogen (secondary N) is 1. The van der Waals surface area contributed by atoms with Crippen molar-refractivity contribution in [1.82, 2.24) is 20.1 Å². The average Bonchev–Trinajstić information content (AvgIpc) is 3.11. The van der Waals surface area contributed by atoms with E-state index in [1.165, 1.54) is 5.56 Å². The van der Waals surface area contributed by atoms with Crippen LogP contribution in [0.3, 0.4) is 0 Å². The van der Waals surface area contributed by atoms with Gasteiger partial charge in [-0.05, 0) is 30.7 Å². The number of amides is 1. The summed E-state index contributed by atoms with van der Waals surface area (Å²) in [4.78, 5) is 17.3. The molecule has 27 heavy (non-hydrogen) atoms. The molecule has 6 heteroatoms. The van der Waals surface area contributed by atoms with E-state index in [2.05, 4.69) is 10.4 Å². The number of carbonyl (C=O) groups excluding carboxylic acids is 1. The molecule has 1 atom stereocenters. The molecule has 6 nitrogen and oxygen atoms in total. The van der Waals surface area contributed by atoms with E-state index in [4.69, 9.17) is 9.72 Å². The van der Waals surface area contributed by atoms with Gasteiger partial charge in [-0.25, -0.2) is 9.67 Å². The first-order valence-corrected chi connectivity index (χ1v) is 9.06. The molecular formula is C21H22N4O2. The maximum absolute atomic E-state index is 12.6. The van der Waals surface area contributed by atoms with Crippen molar-refractivity contribution in [3.05, 3.63) is 76.9 Å². The predicted octanol–water partition coefficient (Wildman–Crippen LogP) is 2.79. The third-order valence-corrected chi connectivity index (χ3v) is 4.79. The summed E-state index contributed by atoms with van der Waals surface area (Å²) in [5.74, 6) is 1.38. The third-order valence-electron chi connectivity index (χ3n) is 4.79. The Morgan fingerprint density at radius 3 is 2.74 bits per heavy atom. The molecular weight excluding hydrogens is 340 g/mol. The van der Waals surface area contributed by atoms with Crippen LogP contribution in [-0.2, 0) is 17.6 Å². The van der Waals surface area contributed by atoms with Crippen LogP contribution in [0.1, 0.15) is 39.2 Å². The highest BCUT2D eigenvalue weighted by molar-refractivity contribution is 5.97. The van der Waals surface area contributed by atoms with Gasteiger partial charge < -0.3 is 10.1 Å². The quantitative estimate of drug-likeness (QED) is 0.758. The van der Waals surface area contributed by atoms with Crippen molar-refractivity contribution in [3.63, 3.8) is 0 Å². The molecule has 138 valence electrons. The summed E-state index contributed by atoms with van der Waals surface area (Å²) in [7, 11) is 1.66. The Balaban J connectivity index is 1.74. The van der Waals surface area contributed by atoms with Gasteiger partial charge in [0.2, 0.25) is 0 Å². The maximum Gasteiger partial charge on any atom is 0.252 e. The minimum atomic E-state index is -0.225. The van der Waals surface area contributed by atoms with Crippen molar-refractivity contribution < 1.29 is 9.53 Å². The van der Waals surface area contributed by atoms with Gasteiger partial charge in [0.15, 0.2) is 11.6 Å². The van der Waals surface area contributed by atoms with Crippen molar-refractivity contribution in [1.29, 1.82) is 0 Å². The van der Waals surface area contributed by atoms with E-state index < -0.39 is 0 Å². The summed E-state index contributed by atoms with van der Waals surface area (Å²) in [6.07, 6.45) is 1.32. The van der Waals surface area contributed by atoms with Crippen molar-refractivity contribution in [2.75, 3.05) is 13.7 Å². The van der Waals surface area contributed by atoms with Gasteiger partial charge in [-0.15, -0.1) is 0 Å². The first-order valence-electron chi connectivity index (χ1n) is 9.06. The maximum atomic E-state index is 12.6. The smallest absolute Gasteiger partial charge is 0.252 e. The van der Waals surface area contributed by atoms with E-state index in [0.29, 0.717) is 25.3 Å². The summed E-state index contributed by atoms with van der Waals surface area (Å²) in [6, 6.07) is 15.6. The minimum absolute atomic E-state index is 0.0706. The molecule has 1 aromatic heterocycles. The van der Waals surface area contributed by atoms with Gasteiger partial charge in [-0.3, -0.25) is 4.79 Å². The first-order chi connectivity index (χ1) is 13.2. The molecule has 0 aliphatic carbocycles. The molecule has 1 aliphatic heterocycles. The number of ether oxygens (including phenoxy) is 1. The average molecular weight is 362 g/mol. The molecule has 4 rings (SSSR count). The molecule has 0 spiro atoms. The molecule has 0 radical (unpaired) electrons. The van der Waals surface area contributed by atoms with Crippen molar-refractivity contribution >= 4 is 5.91 Å². The highest BCUT2D eigenvalue weighted by Gasteiger charge is 2.29. The van der Waals surface area contributed by atoms with Gasteiger partial charge in [-0.2, -0.15) is 5.10 Å². The van der Waals surface area contributed by atoms with Crippen LogP contribution in [0.4, 0.5) is 0 Å². The van der Waals surface area contributed by atoms with Gasteiger partial charge >= 0.3 is 0 Å². The van der Waals surface area contributed by atoms with Gasteiger partial charge in [0.05, 0.1) is 18.3 Å². The Bertz CT molecular complexity index is 963. The number of rotatable bonds is 5. The third kappa shape index (κ3) is 3.48. The van der Waals surface area contributed by atoms with Crippen LogP contribution in [0.15, 0.2) is 48.5 Å². The van der Waals surface area contributed by atoms with E-state index in [1.807, 2.05) is 60.1 Å². The van der Waals surface area contributed by atoms with Gasteiger partial charge in [0.25, 0.3) is 5.91 Å². The Labute approximate surface area is 158 Å². The second-order valence-electron chi connectivity index (χ2n) is 6.76. The number of hydrogen-bond acceptors (Lipinski definition) is 4. The van der Waals surface area contributed by atoms with Crippen LogP contribution >= 0.6 is 0 Å².